The van der Waals surface area contributed by atoms with Crippen LogP contribution in [-0.4, -0.2) is 40.9 Å². The lowest BCUT2D eigenvalue weighted by Crippen LogP contribution is -2.47. The third kappa shape index (κ3) is 3.98. The maximum Gasteiger partial charge on any atom is 0.242 e. The molecule has 0 bridgehead atoms. The summed E-state index contributed by atoms with van der Waals surface area (Å²) in [6.45, 7) is 7.25. The van der Waals surface area contributed by atoms with Crippen LogP contribution in [-0.2, 0) is 4.79 Å². The Labute approximate surface area is 125 Å². The molecule has 1 heterocycles. The predicted octanol–water partition coefficient (Wildman–Crippen LogP) is 1.59. The summed E-state index contributed by atoms with van der Waals surface area (Å²) < 4.78 is 0.249. The van der Waals surface area contributed by atoms with E-state index < -0.39 is 0 Å². The molecule has 0 aliphatic carbocycles. The van der Waals surface area contributed by atoms with E-state index >= 15 is 0 Å². The van der Waals surface area contributed by atoms with Crippen LogP contribution in [0.3, 0.4) is 0 Å². The van der Waals surface area contributed by atoms with E-state index in [1.807, 2.05) is 42.1 Å². The Morgan fingerprint density at radius 2 is 2.15 bits per heavy atom. The number of hydrazine groups is 1. The van der Waals surface area contributed by atoms with E-state index in [-0.39, 0.29) is 16.6 Å². The second-order valence-electron chi connectivity index (χ2n) is 5.82. The Morgan fingerprint density at radius 3 is 2.75 bits per heavy atom. The van der Waals surface area contributed by atoms with Crippen molar-refractivity contribution in [2.75, 3.05) is 25.4 Å². The van der Waals surface area contributed by atoms with Gasteiger partial charge in [0.15, 0.2) is 0 Å². The zero-order valence-electron chi connectivity index (χ0n) is 12.1. The van der Waals surface area contributed by atoms with E-state index in [1.165, 1.54) is 0 Å². The van der Waals surface area contributed by atoms with Gasteiger partial charge in [0.2, 0.25) is 5.91 Å². The number of nitrogens with two attached hydrogens (primary N) is 1. The molecule has 4 nitrogen and oxygen atoms in total. The lowest BCUT2D eigenvalue weighted by Gasteiger charge is -2.38. The predicted molar refractivity (Wildman–Crippen MR) is 84.5 cm³/mol. The molecule has 1 aliphatic heterocycles. The van der Waals surface area contributed by atoms with Crippen molar-refractivity contribution in [3.8, 4) is 0 Å². The Balaban J connectivity index is 2.11. The summed E-state index contributed by atoms with van der Waals surface area (Å²) in [6.07, 6.45) is 0. The van der Waals surface area contributed by atoms with Gasteiger partial charge in [-0.3, -0.25) is 10.2 Å². The average molecular weight is 293 g/mol. The number of hydrogen-bond donors (Lipinski definition) is 2. The van der Waals surface area contributed by atoms with Crippen LogP contribution in [0.5, 0.6) is 0 Å². The molecule has 1 saturated heterocycles. The van der Waals surface area contributed by atoms with Crippen molar-refractivity contribution in [2.24, 2.45) is 5.84 Å². The van der Waals surface area contributed by atoms with Crippen LogP contribution in [0.25, 0.3) is 0 Å². The summed E-state index contributed by atoms with van der Waals surface area (Å²) in [6, 6.07) is 9.86. The molecule has 1 aliphatic rings. The number of hydrogen-bond acceptors (Lipinski definition) is 4. The molecule has 5 heteroatoms. The second-order valence-corrected chi connectivity index (χ2v) is 7.62. The number of carbonyl (C=O) groups excluding carboxylic acids is 1. The molecule has 1 amide bonds. The maximum absolute atomic E-state index is 12.1. The van der Waals surface area contributed by atoms with Gasteiger partial charge in [0.25, 0.3) is 0 Å². The van der Waals surface area contributed by atoms with E-state index in [4.69, 9.17) is 5.84 Å². The van der Waals surface area contributed by atoms with Gasteiger partial charge < -0.3 is 4.90 Å². The first-order chi connectivity index (χ1) is 9.52. The maximum atomic E-state index is 12.1. The van der Waals surface area contributed by atoms with Gasteiger partial charge in [0, 0.05) is 30.1 Å². The second kappa shape index (κ2) is 6.61. The molecule has 1 aromatic rings. The highest BCUT2D eigenvalue weighted by Crippen LogP contribution is 2.30. The smallest absolute Gasteiger partial charge is 0.242 e. The van der Waals surface area contributed by atoms with Crippen molar-refractivity contribution in [2.45, 2.75) is 24.5 Å². The molecule has 20 heavy (non-hydrogen) atoms. The van der Waals surface area contributed by atoms with Crippen LogP contribution < -0.4 is 11.3 Å². The Kier molecular flexibility index (Phi) is 5.07. The largest absolute Gasteiger partial charge is 0.300 e. The molecule has 1 aromatic carbocycles. The molecular weight excluding hydrogens is 270 g/mol. The van der Waals surface area contributed by atoms with Crippen molar-refractivity contribution in [3.63, 3.8) is 0 Å². The number of rotatable bonds is 4. The highest BCUT2D eigenvalue weighted by Gasteiger charge is 2.30. The first-order valence-electron chi connectivity index (χ1n) is 6.93. The van der Waals surface area contributed by atoms with Crippen molar-refractivity contribution in [1.82, 2.24) is 10.3 Å². The van der Waals surface area contributed by atoms with Gasteiger partial charge in [-0.2, -0.15) is 11.8 Å². The molecule has 3 N–H and O–H groups in total. The monoisotopic (exact) mass is 293 g/mol. The van der Waals surface area contributed by atoms with Crippen LogP contribution >= 0.6 is 11.8 Å². The fraction of sp³-hybridized carbons (Fsp3) is 0.533. The summed E-state index contributed by atoms with van der Waals surface area (Å²) in [4.78, 5) is 14.4. The van der Waals surface area contributed by atoms with E-state index in [1.54, 1.807) is 0 Å². The number of nitrogens with zero attached hydrogens (tertiary/aromatic N) is 1. The standard InChI is InChI=1S/C15H23N3OS/c1-15(2)11-18(8-9-20-15)10-13(14(19)17-16)12-6-4-3-5-7-12/h3-7,13H,8-11,16H2,1-2H3,(H,17,19). The van der Waals surface area contributed by atoms with Gasteiger partial charge in [-0.05, 0) is 19.4 Å². The van der Waals surface area contributed by atoms with Crippen LogP contribution in [0.1, 0.15) is 25.3 Å². The molecule has 0 saturated carbocycles. The van der Waals surface area contributed by atoms with Gasteiger partial charge in [0.1, 0.15) is 0 Å². The summed E-state index contributed by atoms with van der Waals surface area (Å²) in [5.74, 6) is 6.13. The summed E-state index contributed by atoms with van der Waals surface area (Å²) >= 11 is 1.99. The molecule has 2 rings (SSSR count). The molecule has 0 radical (unpaired) electrons. The van der Waals surface area contributed by atoms with Crippen molar-refractivity contribution < 1.29 is 4.79 Å². The van der Waals surface area contributed by atoms with Gasteiger partial charge in [0.05, 0.1) is 5.92 Å². The van der Waals surface area contributed by atoms with E-state index in [9.17, 15) is 4.79 Å². The molecule has 0 aromatic heterocycles. The molecule has 1 unspecified atom stereocenters. The lowest BCUT2D eigenvalue weighted by atomic mass is 9.97. The third-order valence-corrected chi connectivity index (χ3v) is 4.90. The first kappa shape index (κ1) is 15.4. The molecule has 110 valence electrons. The number of benzene rings is 1. The van der Waals surface area contributed by atoms with Gasteiger partial charge in [-0.15, -0.1) is 0 Å². The van der Waals surface area contributed by atoms with Crippen molar-refractivity contribution in [1.29, 1.82) is 0 Å². The minimum absolute atomic E-state index is 0.118. The van der Waals surface area contributed by atoms with Gasteiger partial charge >= 0.3 is 0 Å². The third-order valence-electron chi connectivity index (χ3n) is 3.61. The molecule has 1 atom stereocenters. The van der Waals surface area contributed by atoms with Crippen LogP contribution in [0.2, 0.25) is 0 Å². The molecular formula is C15H23N3OS. The normalized spacial score (nSPS) is 20.4. The van der Waals surface area contributed by atoms with Crippen LogP contribution in [0, 0.1) is 0 Å². The summed E-state index contributed by atoms with van der Waals surface area (Å²) in [5, 5.41) is 0. The molecule has 1 fully saturated rings. The number of amides is 1. The average Bonchev–Trinajstić information content (AvgIpc) is 2.44. The Morgan fingerprint density at radius 1 is 1.45 bits per heavy atom. The van der Waals surface area contributed by atoms with Crippen molar-refractivity contribution in [3.05, 3.63) is 35.9 Å². The minimum Gasteiger partial charge on any atom is -0.300 e. The van der Waals surface area contributed by atoms with Crippen LogP contribution in [0.4, 0.5) is 0 Å². The highest BCUT2D eigenvalue weighted by molar-refractivity contribution is 8.00. The highest BCUT2D eigenvalue weighted by atomic mass is 32.2. The fourth-order valence-electron chi connectivity index (χ4n) is 2.65. The summed E-state index contributed by atoms with van der Waals surface area (Å²) in [5.41, 5.74) is 3.32. The summed E-state index contributed by atoms with van der Waals surface area (Å²) in [7, 11) is 0. The van der Waals surface area contributed by atoms with Gasteiger partial charge in [-0.1, -0.05) is 30.3 Å². The van der Waals surface area contributed by atoms with Crippen LogP contribution in [0.15, 0.2) is 30.3 Å². The minimum atomic E-state index is -0.208. The number of carbonyl (C=O) groups is 1. The lowest BCUT2D eigenvalue weighted by molar-refractivity contribution is -0.123. The topological polar surface area (TPSA) is 58.4 Å². The van der Waals surface area contributed by atoms with E-state index in [0.29, 0.717) is 0 Å². The van der Waals surface area contributed by atoms with E-state index in [2.05, 4.69) is 24.2 Å². The Bertz CT molecular complexity index is 450. The van der Waals surface area contributed by atoms with E-state index in [0.717, 1.165) is 31.0 Å². The van der Waals surface area contributed by atoms with Gasteiger partial charge in [-0.25, -0.2) is 5.84 Å². The molecule has 0 spiro atoms. The zero-order valence-corrected chi connectivity index (χ0v) is 13.0. The number of thioether (sulfide) groups is 1. The SMILES string of the molecule is CC1(C)CN(CC(C(=O)NN)c2ccccc2)CCS1. The quantitative estimate of drug-likeness (QED) is 0.503. The first-order valence-corrected chi connectivity index (χ1v) is 7.92. The zero-order chi connectivity index (χ0) is 14.6. The Hall–Kier alpha value is -1.04. The fourth-order valence-corrected chi connectivity index (χ4v) is 3.83. The number of nitrogens with one attached hydrogen (secondary N) is 1. The van der Waals surface area contributed by atoms with Crippen molar-refractivity contribution >= 4 is 17.7 Å².